The van der Waals surface area contributed by atoms with Crippen molar-refractivity contribution in [2.75, 3.05) is 57.4 Å². The molecular formula is C23H28N2O7. The monoisotopic (exact) mass is 444 g/mol. The van der Waals surface area contributed by atoms with Crippen LogP contribution in [0.4, 0.5) is 11.4 Å². The van der Waals surface area contributed by atoms with Crippen LogP contribution in [0.1, 0.15) is 22.8 Å². The first-order chi connectivity index (χ1) is 15.4. The van der Waals surface area contributed by atoms with Gasteiger partial charge in [0.05, 0.1) is 52.3 Å². The Morgan fingerprint density at radius 2 is 1.72 bits per heavy atom. The lowest BCUT2D eigenvalue weighted by Gasteiger charge is -2.31. The Morgan fingerprint density at radius 1 is 1.03 bits per heavy atom. The van der Waals surface area contributed by atoms with E-state index in [0.29, 0.717) is 60.5 Å². The molecule has 9 nitrogen and oxygen atoms in total. The number of carboxylic acids is 1. The Hall–Kier alpha value is -3.46. The van der Waals surface area contributed by atoms with Crippen molar-refractivity contribution in [3.8, 4) is 17.2 Å². The summed E-state index contributed by atoms with van der Waals surface area (Å²) in [6, 6.07) is 8.55. The third kappa shape index (κ3) is 4.72. The van der Waals surface area contributed by atoms with Crippen LogP contribution in [0.15, 0.2) is 30.3 Å². The molecular weight excluding hydrogens is 416 g/mol. The van der Waals surface area contributed by atoms with Crippen molar-refractivity contribution in [1.29, 1.82) is 0 Å². The molecule has 9 heteroatoms. The predicted molar refractivity (Wildman–Crippen MR) is 119 cm³/mol. The zero-order valence-corrected chi connectivity index (χ0v) is 18.7. The summed E-state index contributed by atoms with van der Waals surface area (Å²) in [4.78, 5) is 28.0. The Morgan fingerprint density at radius 3 is 2.28 bits per heavy atom. The van der Waals surface area contributed by atoms with Crippen molar-refractivity contribution < 1.29 is 33.6 Å². The molecule has 0 unspecified atom stereocenters. The summed E-state index contributed by atoms with van der Waals surface area (Å²) in [7, 11) is 4.55. The molecule has 2 aromatic carbocycles. The lowest BCUT2D eigenvalue weighted by molar-refractivity contribution is -0.116. The number of benzene rings is 2. The number of hydrogen-bond acceptors (Lipinski definition) is 7. The number of rotatable bonds is 8. The van der Waals surface area contributed by atoms with Gasteiger partial charge >= 0.3 is 5.97 Å². The van der Waals surface area contributed by atoms with E-state index in [0.717, 1.165) is 0 Å². The number of carboxylic acid groups (broad SMARTS) is 1. The number of morpholine rings is 1. The Labute approximate surface area is 187 Å². The number of ether oxygens (including phenoxy) is 4. The number of carbonyl (C=O) groups is 2. The Kier molecular flexibility index (Phi) is 7.42. The van der Waals surface area contributed by atoms with Gasteiger partial charge in [0.2, 0.25) is 11.7 Å². The second-order valence-electron chi connectivity index (χ2n) is 7.20. The molecule has 0 atom stereocenters. The minimum atomic E-state index is -1.06. The largest absolute Gasteiger partial charge is 0.493 e. The van der Waals surface area contributed by atoms with Gasteiger partial charge in [0.15, 0.2) is 11.5 Å². The molecule has 32 heavy (non-hydrogen) atoms. The second-order valence-corrected chi connectivity index (χ2v) is 7.20. The standard InChI is InChI=1S/C23H28N2O7/c1-15(26)25(14-16-5-8-20(29-2)22(31-4)21(16)30-3)17-6-7-19(18(13-17)23(27)28)24-9-11-32-12-10-24/h5-8,13H,9-12,14H2,1-4H3,(H,27,28). The summed E-state index contributed by atoms with van der Waals surface area (Å²) >= 11 is 0. The van der Waals surface area contributed by atoms with Crippen molar-refractivity contribution in [3.05, 3.63) is 41.5 Å². The third-order valence-electron chi connectivity index (χ3n) is 5.37. The molecule has 172 valence electrons. The predicted octanol–water partition coefficient (Wildman–Crippen LogP) is 2.80. The maximum Gasteiger partial charge on any atom is 0.337 e. The first kappa shape index (κ1) is 23.2. The van der Waals surface area contributed by atoms with Crippen LogP contribution in [-0.4, -0.2) is 64.6 Å². The van der Waals surface area contributed by atoms with Crippen LogP contribution in [-0.2, 0) is 16.1 Å². The highest BCUT2D eigenvalue weighted by molar-refractivity contribution is 5.98. The van der Waals surface area contributed by atoms with E-state index in [1.807, 2.05) is 4.90 Å². The highest BCUT2D eigenvalue weighted by Gasteiger charge is 2.23. The molecule has 0 bridgehead atoms. The van der Waals surface area contributed by atoms with Crippen molar-refractivity contribution in [1.82, 2.24) is 0 Å². The van der Waals surface area contributed by atoms with Gasteiger partial charge in [-0.15, -0.1) is 0 Å². The number of nitrogens with zero attached hydrogens (tertiary/aromatic N) is 2. The van der Waals surface area contributed by atoms with Crippen LogP contribution in [0.2, 0.25) is 0 Å². The number of hydrogen-bond donors (Lipinski definition) is 1. The van der Waals surface area contributed by atoms with Gasteiger partial charge in [-0.25, -0.2) is 4.79 Å². The molecule has 1 amide bonds. The van der Waals surface area contributed by atoms with Gasteiger partial charge in [0, 0.05) is 31.3 Å². The number of aromatic carboxylic acids is 1. The number of methoxy groups -OCH3 is 3. The normalized spacial score (nSPS) is 13.4. The van der Waals surface area contributed by atoms with E-state index in [1.54, 1.807) is 24.3 Å². The van der Waals surface area contributed by atoms with Crippen molar-refractivity contribution >= 4 is 23.3 Å². The molecule has 1 saturated heterocycles. The van der Waals surface area contributed by atoms with Crippen LogP contribution in [0.3, 0.4) is 0 Å². The fourth-order valence-electron chi connectivity index (χ4n) is 3.79. The van der Waals surface area contributed by atoms with Gasteiger partial charge in [-0.3, -0.25) is 4.79 Å². The van der Waals surface area contributed by atoms with Gasteiger partial charge in [0.1, 0.15) is 0 Å². The van der Waals surface area contributed by atoms with E-state index < -0.39 is 5.97 Å². The molecule has 1 N–H and O–H groups in total. The first-order valence-electron chi connectivity index (χ1n) is 10.2. The molecule has 0 aromatic heterocycles. The van der Waals surface area contributed by atoms with Crippen LogP contribution in [0.5, 0.6) is 17.2 Å². The average molecular weight is 444 g/mol. The third-order valence-corrected chi connectivity index (χ3v) is 5.37. The van der Waals surface area contributed by atoms with Gasteiger partial charge in [-0.05, 0) is 30.3 Å². The fraction of sp³-hybridized carbons (Fsp3) is 0.391. The lowest BCUT2D eigenvalue weighted by atomic mass is 10.1. The van der Waals surface area contributed by atoms with Crippen LogP contribution in [0, 0.1) is 0 Å². The summed E-state index contributed by atoms with van der Waals surface area (Å²) in [5.41, 5.74) is 1.91. The van der Waals surface area contributed by atoms with E-state index in [-0.39, 0.29) is 18.0 Å². The van der Waals surface area contributed by atoms with E-state index >= 15 is 0 Å². The van der Waals surface area contributed by atoms with Crippen LogP contribution in [0.25, 0.3) is 0 Å². The van der Waals surface area contributed by atoms with E-state index in [2.05, 4.69) is 0 Å². The lowest BCUT2D eigenvalue weighted by Crippen LogP contribution is -2.37. The molecule has 3 rings (SSSR count). The minimum Gasteiger partial charge on any atom is -0.493 e. The number of amides is 1. The second kappa shape index (κ2) is 10.2. The molecule has 2 aromatic rings. The molecule has 0 spiro atoms. The number of anilines is 2. The summed E-state index contributed by atoms with van der Waals surface area (Å²) in [6.45, 7) is 3.90. The average Bonchev–Trinajstić information content (AvgIpc) is 2.81. The van der Waals surface area contributed by atoms with E-state index in [1.165, 1.54) is 39.2 Å². The van der Waals surface area contributed by atoms with Crippen molar-refractivity contribution in [2.45, 2.75) is 13.5 Å². The molecule has 1 aliphatic heterocycles. The van der Waals surface area contributed by atoms with Crippen molar-refractivity contribution in [3.63, 3.8) is 0 Å². The van der Waals surface area contributed by atoms with E-state index in [4.69, 9.17) is 18.9 Å². The summed E-state index contributed by atoms with van der Waals surface area (Å²) in [5, 5.41) is 9.83. The van der Waals surface area contributed by atoms with Crippen LogP contribution < -0.4 is 24.0 Å². The summed E-state index contributed by atoms with van der Waals surface area (Å²) < 4.78 is 21.6. The minimum absolute atomic E-state index is 0.134. The highest BCUT2D eigenvalue weighted by Crippen LogP contribution is 2.40. The molecule has 1 heterocycles. The summed E-state index contributed by atoms with van der Waals surface area (Å²) in [6.07, 6.45) is 0. The topological polar surface area (TPSA) is 97.8 Å². The molecule has 0 radical (unpaired) electrons. The van der Waals surface area contributed by atoms with Crippen molar-refractivity contribution in [2.24, 2.45) is 0 Å². The number of carbonyl (C=O) groups excluding carboxylic acids is 1. The highest BCUT2D eigenvalue weighted by atomic mass is 16.5. The quantitative estimate of drug-likeness (QED) is 0.664. The van der Waals surface area contributed by atoms with Gasteiger partial charge in [-0.1, -0.05) is 0 Å². The summed E-state index contributed by atoms with van der Waals surface area (Å²) in [5.74, 6) is 0.0785. The Balaban J connectivity index is 2.00. The van der Waals surface area contributed by atoms with Crippen LogP contribution >= 0.6 is 0 Å². The van der Waals surface area contributed by atoms with Gasteiger partial charge in [-0.2, -0.15) is 0 Å². The maximum atomic E-state index is 12.5. The van der Waals surface area contributed by atoms with Gasteiger partial charge in [0.25, 0.3) is 0 Å². The molecule has 1 fully saturated rings. The maximum absolute atomic E-state index is 12.5. The zero-order chi connectivity index (χ0) is 23.3. The molecule has 0 saturated carbocycles. The smallest absolute Gasteiger partial charge is 0.337 e. The fourth-order valence-corrected chi connectivity index (χ4v) is 3.79. The Bertz CT molecular complexity index is 987. The molecule has 1 aliphatic rings. The SMILES string of the molecule is COc1ccc(CN(C(C)=O)c2ccc(N3CCOCC3)c(C(=O)O)c2)c(OC)c1OC. The van der Waals surface area contributed by atoms with Gasteiger partial charge < -0.3 is 33.9 Å². The zero-order valence-electron chi connectivity index (χ0n) is 18.7. The van der Waals surface area contributed by atoms with E-state index in [9.17, 15) is 14.7 Å². The first-order valence-corrected chi connectivity index (χ1v) is 10.2. The molecule has 0 aliphatic carbocycles.